The molecule has 0 amide bonds. The molecule has 1 heterocycles. The molecule has 1 atom stereocenters. The zero-order valence-electron chi connectivity index (χ0n) is 9.60. The van der Waals surface area contributed by atoms with Crippen molar-refractivity contribution in [2.75, 3.05) is 30.5 Å². The van der Waals surface area contributed by atoms with Gasteiger partial charge in [-0.2, -0.15) is 0 Å². The van der Waals surface area contributed by atoms with Gasteiger partial charge in [-0.3, -0.25) is 4.21 Å². The number of anilines is 1. The molecule has 0 saturated heterocycles. The molecule has 1 aromatic heterocycles. The second-order valence-electron chi connectivity index (χ2n) is 3.29. The Morgan fingerprint density at radius 3 is 3.00 bits per heavy atom. The second-order valence-corrected chi connectivity index (χ2v) is 4.85. The smallest absolute Gasteiger partial charge is 0.218 e. The zero-order valence-corrected chi connectivity index (χ0v) is 10.4. The molecule has 1 unspecified atom stereocenters. The first-order valence-corrected chi connectivity index (χ1v) is 6.94. The van der Waals surface area contributed by atoms with Crippen LogP contribution in [0.3, 0.4) is 0 Å². The third-order valence-electron chi connectivity index (χ3n) is 1.79. The average molecular weight is 243 g/mol. The van der Waals surface area contributed by atoms with Crippen LogP contribution in [0.1, 0.15) is 13.3 Å². The normalized spacial score (nSPS) is 12.1. The Labute approximate surface area is 98.1 Å². The van der Waals surface area contributed by atoms with Crippen LogP contribution in [0.5, 0.6) is 5.88 Å². The monoisotopic (exact) mass is 243 g/mol. The molecule has 1 rings (SSSR count). The number of rotatable bonds is 7. The maximum atomic E-state index is 10.9. The molecular formula is C10H17N3O2S. The Bertz CT molecular complexity index is 347. The number of aromatic nitrogens is 2. The largest absolute Gasteiger partial charge is 0.478 e. The Kier molecular flexibility index (Phi) is 5.77. The van der Waals surface area contributed by atoms with E-state index in [1.54, 1.807) is 12.3 Å². The molecule has 6 heteroatoms. The predicted molar refractivity (Wildman–Crippen MR) is 65.2 cm³/mol. The highest BCUT2D eigenvalue weighted by molar-refractivity contribution is 7.84. The molecule has 0 aliphatic carbocycles. The summed E-state index contributed by atoms with van der Waals surface area (Å²) in [5.41, 5.74) is 0. The van der Waals surface area contributed by atoms with Crippen molar-refractivity contribution < 1.29 is 8.95 Å². The molecule has 0 aliphatic heterocycles. The highest BCUT2D eigenvalue weighted by Crippen LogP contribution is 2.10. The standard InChI is InChI=1S/C10H17N3O2S/c1-3-5-15-10-7-9(12-8-13-10)11-4-6-16(2)14/h7-8H,3-6H2,1-2H3,(H,11,12,13). The van der Waals surface area contributed by atoms with Crippen molar-refractivity contribution in [2.24, 2.45) is 0 Å². The molecule has 90 valence electrons. The average Bonchev–Trinajstić information content (AvgIpc) is 2.26. The minimum Gasteiger partial charge on any atom is -0.478 e. The van der Waals surface area contributed by atoms with E-state index in [-0.39, 0.29) is 0 Å². The summed E-state index contributed by atoms with van der Waals surface area (Å²) in [6, 6.07) is 1.74. The van der Waals surface area contributed by atoms with E-state index in [0.717, 1.165) is 6.42 Å². The fraction of sp³-hybridized carbons (Fsp3) is 0.600. The van der Waals surface area contributed by atoms with E-state index >= 15 is 0 Å². The fourth-order valence-corrected chi connectivity index (χ4v) is 1.43. The first kappa shape index (κ1) is 12.9. The van der Waals surface area contributed by atoms with Crippen LogP contribution in [0.25, 0.3) is 0 Å². The van der Waals surface area contributed by atoms with Crippen LogP contribution >= 0.6 is 0 Å². The number of hydrogen-bond donors (Lipinski definition) is 1. The lowest BCUT2D eigenvalue weighted by molar-refractivity contribution is 0.305. The van der Waals surface area contributed by atoms with Crippen LogP contribution < -0.4 is 10.1 Å². The van der Waals surface area contributed by atoms with Crippen molar-refractivity contribution in [1.82, 2.24) is 9.97 Å². The summed E-state index contributed by atoms with van der Waals surface area (Å²) in [5.74, 6) is 1.87. The van der Waals surface area contributed by atoms with Gasteiger partial charge in [0.2, 0.25) is 5.88 Å². The van der Waals surface area contributed by atoms with Gasteiger partial charge in [-0.1, -0.05) is 6.92 Å². The van der Waals surface area contributed by atoms with Crippen molar-refractivity contribution in [3.05, 3.63) is 12.4 Å². The molecule has 1 N–H and O–H groups in total. The topological polar surface area (TPSA) is 64.1 Å². The third kappa shape index (κ3) is 5.06. The number of nitrogens with zero attached hydrogens (tertiary/aromatic N) is 2. The van der Waals surface area contributed by atoms with E-state index < -0.39 is 10.8 Å². The van der Waals surface area contributed by atoms with Gasteiger partial charge < -0.3 is 10.1 Å². The molecular weight excluding hydrogens is 226 g/mol. The van der Waals surface area contributed by atoms with Crippen molar-refractivity contribution in [3.63, 3.8) is 0 Å². The van der Waals surface area contributed by atoms with Crippen LogP contribution in [0, 0.1) is 0 Å². The maximum absolute atomic E-state index is 10.9. The Hall–Kier alpha value is -1.17. The van der Waals surface area contributed by atoms with Crippen molar-refractivity contribution >= 4 is 16.6 Å². The summed E-state index contributed by atoms with van der Waals surface area (Å²) in [7, 11) is -0.787. The van der Waals surface area contributed by atoms with Gasteiger partial charge >= 0.3 is 0 Å². The number of ether oxygens (including phenoxy) is 1. The Balaban J connectivity index is 2.43. The SMILES string of the molecule is CCCOc1cc(NCCS(C)=O)ncn1. The van der Waals surface area contributed by atoms with Gasteiger partial charge in [-0.25, -0.2) is 9.97 Å². The summed E-state index contributed by atoms with van der Waals surface area (Å²) in [6.07, 6.45) is 4.08. The highest BCUT2D eigenvalue weighted by atomic mass is 32.2. The third-order valence-corrected chi connectivity index (χ3v) is 2.57. The van der Waals surface area contributed by atoms with Gasteiger partial charge in [-0.05, 0) is 6.42 Å². The molecule has 5 nitrogen and oxygen atoms in total. The minimum atomic E-state index is -0.787. The summed E-state index contributed by atoms with van der Waals surface area (Å²) in [4.78, 5) is 8.03. The van der Waals surface area contributed by atoms with Crippen molar-refractivity contribution in [1.29, 1.82) is 0 Å². The van der Waals surface area contributed by atoms with E-state index in [9.17, 15) is 4.21 Å². The zero-order chi connectivity index (χ0) is 11.8. The molecule has 1 aromatic rings. The lowest BCUT2D eigenvalue weighted by Gasteiger charge is -2.06. The molecule has 0 bridgehead atoms. The van der Waals surface area contributed by atoms with Gasteiger partial charge in [-0.15, -0.1) is 0 Å². The van der Waals surface area contributed by atoms with Gasteiger partial charge in [0.05, 0.1) is 6.61 Å². The first-order chi connectivity index (χ1) is 7.72. The minimum absolute atomic E-state index is 0.567. The second kappa shape index (κ2) is 7.16. The van der Waals surface area contributed by atoms with Crippen LogP contribution in [-0.4, -0.2) is 39.3 Å². The Morgan fingerprint density at radius 1 is 1.50 bits per heavy atom. The molecule has 0 radical (unpaired) electrons. The maximum Gasteiger partial charge on any atom is 0.218 e. The quantitative estimate of drug-likeness (QED) is 0.775. The van der Waals surface area contributed by atoms with Gasteiger partial charge in [0, 0.05) is 35.4 Å². The van der Waals surface area contributed by atoms with Crippen LogP contribution in [-0.2, 0) is 10.8 Å². The predicted octanol–water partition coefficient (Wildman–Crippen LogP) is 1.06. The van der Waals surface area contributed by atoms with Crippen molar-refractivity contribution in [2.45, 2.75) is 13.3 Å². The van der Waals surface area contributed by atoms with Crippen LogP contribution in [0.2, 0.25) is 0 Å². The van der Waals surface area contributed by atoms with Gasteiger partial charge in [0.1, 0.15) is 12.1 Å². The van der Waals surface area contributed by atoms with E-state index in [1.165, 1.54) is 6.33 Å². The molecule has 0 saturated carbocycles. The molecule has 16 heavy (non-hydrogen) atoms. The first-order valence-electron chi connectivity index (χ1n) is 5.21. The Morgan fingerprint density at radius 2 is 2.31 bits per heavy atom. The van der Waals surface area contributed by atoms with Crippen molar-refractivity contribution in [3.8, 4) is 5.88 Å². The van der Waals surface area contributed by atoms with E-state index in [1.807, 2.05) is 6.92 Å². The van der Waals surface area contributed by atoms with E-state index in [0.29, 0.717) is 30.6 Å². The number of nitrogens with one attached hydrogen (secondary N) is 1. The lowest BCUT2D eigenvalue weighted by atomic mass is 10.5. The highest BCUT2D eigenvalue weighted by Gasteiger charge is 1.99. The molecule has 0 fully saturated rings. The van der Waals surface area contributed by atoms with Gasteiger partial charge in [0.25, 0.3) is 0 Å². The molecule has 0 spiro atoms. The summed E-state index contributed by atoms with van der Waals surface area (Å²) < 4.78 is 16.2. The molecule has 0 aromatic carbocycles. The molecule has 0 aliphatic rings. The van der Waals surface area contributed by atoms with E-state index in [2.05, 4.69) is 15.3 Å². The van der Waals surface area contributed by atoms with Gasteiger partial charge in [0.15, 0.2) is 0 Å². The fourth-order valence-electron chi connectivity index (χ4n) is 1.04. The lowest BCUT2D eigenvalue weighted by Crippen LogP contribution is -2.11. The summed E-state index contributed by atoms with van der Waals surface area (Å²) in [5, 5.41) is 3.07. The van der Waals surface area contributed by atoms with Crippen LogP contribution in [0.4, 0.5) is 5.82 Å². The summed E-state index contributed by atoms with van der Waals surface area (Å²) in [6.45, 7) is 3.32. The summed E-state index contributed by atoms with van der Waals surface area (Å²) >= 11 is 0. The van der Waals surface area contributed by atoms with Crippen LogP contribution in [0.15, 0.2) is 12.4 Å². The van der Waals surface area contributed by atoms with E-state index in [4.69, 9.17) is 4.74 Å². The number of hydrogen-bond acceptors (Lipinski definition) is 5.